The van der Waals surface area contributed by atoms with E-state index in [9.17, 15) is 13.2 Å². The van der Waals surface area contributed by atoms with E-state index in [0.717, 1.165) is 6.42 Å². The zero-order chi connectivity index (χ0) is 17.7. The Balaban J connectivity index is 2.84. The summed E-state index contributed by atoms with van der Waals surface area (Å²) in [7, 11) is -3.62. The molecular weight excluding hydrogens is 312 g/mol. The first-order chi connectivity index (χ1) is 10.5. The van der Waals surface area contributed by atoms with Crippen molar-refractivity contribution in [2.75, 3.05) is 0 Å². The fourth-order valence-electron chi connectivity index (χ4n) is 2.07. The molecule has 0 aliphatic heterocycles. The average Bonchev–Trinajstić information content (AvgIpc) is 2.40. The molecule has 1 aromatic rings. The van der Waals surface area contributed by atoms with Crippen LogP contribution in [0.15, 0.2) is 29.2 Å². The number of amides is 1. The number of hydrogen-bond donors (Lipinski definition) is 2. The molecule has 0 aliphatic rings. The lowest BCUT2D eigenvalue weighted by Gasteiger charge is -2.21. The van der Waals surface area contributed by atoms with Crippen molar-refractivity contribution in [2.45, 2.75) is 64.4 Å². The Labute approximate surface area is 139 Å². The molecule has 6 heteroatoms. The Morgan fingerprint density at radius 3 is 2.35 bits per heavy atom. The maximum atomic E-state index is 12.5. The van der Waals surface area contributed by atoms with E-state index in [-0.39, 0.29) is 17.3 Å². The zero-order valence-corrected chi connectivity index (χ0v) is 15.5. The Morgan fingerprint density at radius 1 is 1.17 bits per heavy atom. The SMILES string of the molecule is CC(C)CCC(=O)NCc1ccccc1S(=O)(=O)NC(C)(C)C. The van der Waals surface area contributed by atoms with Gasteiger partial charge in [0.15, 0.2) is 0 Å². The zero-order valence-electron chi connectivity index (χ0n) is 14.6. The molecule has 0 radical (unpaired) electrons. The summed E-state index contributed by atoms with van der Waals surface area (Å²) < 4.78 is 27.6. The van der Waals surface area contributed by atoms with E-state index < -0.39 is 15.6 Å². The van der Waals surface area contributed by atoms with E-state index in [1.54, 1.807) is 45.0 Å². The van der Waals surface area contributed by atoms with Gasteiger partial charge in [-0.25, -0.2) is 13.1 Å². The number of hydrogen-bond acceptors (Lipinski definition) is 3. The molecule has 0 fully saturated rings. The van der Waals surface area contributed by atoms with E-state index in [2.05, 4.69) is 23.9 Å². The van der Waals surface area contributed by atoms with E-state index in [4.69, 9.17) is 0 Å². The second-order valence-corrected chi connectivity index (χ2v) is 8.82. The summed E-state index contributed by atoms with van der Waals surface area (Å²) in [5.74, 6) is 0.402. The minimum absolute atomic E-state index is 0.0605. The van der Waals surface area contributed by atoms with Gasteiger partial charge in [-0.2, -0.15) is 0 Å². The average molecular weight is 340 g/mol. The minimum Gasteiger partial charge on any atom is -0.352 e. The van der Waals surface area contributed by atoms with Crippen LogP contribution < -0.4 is 10.0 Å². The molecule has 0 atom stereocenters. The van der Waals surface area contributed by atoms with Crippen LogP contribution in [0.25, 0.3) is 0 Å². The number of carbonyl (C=O) groups is 1. The first-order valence-electron chi connectivity index (χ1n) is 7.90. The first kappa shape index (κ1) is 19.6. The molecule has 2 N–H and O–H groups in total. The third-order valence-corrected chi connectivity index (χ3v) is 4.99. The fourth-order valence-corrected chi connectivity index (χ4v) is 3.73. The monoisotopic (exact) mass is 340 g/mol. The van der Waals surface area contributed by atoms with E-state index in [1.807, 2.05) is 0 Å². The maximum Gasteiger partial charge on any atom is 0.241 e. The first-order valence-corrected chi connectivity index (χ1v) is 9.38. The highest BCUT2D eigenvalue weighted by Gasteiger charge is 2.24. The molecule has 0 aromatic heterocycles. The van der Waals surface area contributed by atoms with Crippen LogP contribution in [0.3, 0.4) is 0 Å². The van der Waals surface area contributed by atoms with Crippen LogP contribution in [0.5, 0.6) is 0 Å². The second kappa shape index (κ2) is 7.93. The van der Waals surface area contributed by atoms with Gasteiger partial charge in [0.25, 0.3) is 0 Å². The van der Waals surface area contributed by atoms with Crippen molar-refractivity contribution in [3.05, 3.63) is 29.8 Å². The van der Waals surface area contributed by atoms with Gasteiger partial charge in [-0.15, -0.1) is 0 Å². The molecule has 130 valence electrons. The Hall–Kier alpha value is -1.40. The standard InChI is InChI=1S/C17H28N2O3S/c1-13(2)10-11-16(20)18-12-14-8-6-7-9-15(14)23(21,22)19-17(3,4)5/h6-9,13,19H,10-12H2,1-5H3,(H,18,20). The molecule has 0 spiro atoms. The van der Waals surface area contributed by atoms with Gasteiger partial charge in [0.2, 0.25) is 15.9 Å². The molecule has 1 amide bonds. The Bertz CT molecular complexity index is 631. The van der Waals surface area contributed by atoms with Crippen LogP contribution in [-0.4, -0.2) is 19.9 Å². The molecule has 0 saturated heterocycles. The van der Waals surface area contributed by atoms with Gasteiger partial charge in [0, 0.05) is 18.5 Å². The largest absolute Gasteiger partial charge is 0.352 e. The molecule has 0 aliphatic carbocycles. The van der Waals surface area contributed by atoms with Gasteiger partial charge in [0.1, 0.15) is 0 Å². The maximum absolute atomic E-state index is 12.5. The normalized spacial score (nSPS) is 12.4. The van der Waals surface area contributed by atoms with Crippen LogP contribution in [-0.2, 0) is 21.4 Å². The van der Waals surface area contributed by atoms with Gasteiger partial charge in [-0.05, 0) is 44.7 Å². The number of nitrogens with one attached hydrogen (secondary N) is 2. The molecule has 0 heterocycles. The van der Waals surface area contributed by atoms with E-state index in [1.165, 1.54) is 0 Å². The van der Waals surface area contributed by atoms with Crippen molar-refractivity contribution >= 4 is 15.9 Å². The van der Waals surface area contributed by atoms with Crippen LogP contribution in [0.2, 0.25) is 0 Å². The summed E-state index contributed by atoms with van der Waals surface area (Å²) in [5, 5.41) is 2.80. The van der Waals surface area contributed by atoms with Gasteiger partial charge < -0.3 is 5.32 Å². The third kappa shape index (κ3) is 7.14. The van der Waals surface area contributed by atoms with Crippen molar-refractivity contribution in [2.24, 2.45) is 5.92 Å². The van der Waals surface area contributed by atoms with Crippen molar-refractivity contribution in [1.82, 2.24) is 10.0 Å². The van der Waals surface area contributed by atoms with Crippen molar-refractivity contribution in [1.29, 1.82) is 0 Å². The predicted octanol–water partition coefficient (Wildman–Crippen LogP) is 2.82. The van der Waals surface area contributed by atoms with Crippen LogP contribution in [0.1, 0.15) is 53.0 Å². The van der Waals surface area contributed by atoms with Crippen molar-refractivity contribution < 1.29 is 13.2 Å². The lowest BCUT2D eigenvalue weighted by atomic mass is 10.1. The predicted molar refractivity (Wildman–Crippen MR) is 92.4 cm³/mol. The highest BCUT2D eigenvalue weighted by atomic mass is 32.2. The highest BCUT2D eigenvalue weighted by Crippen LogP contribution is 2.17. The molecule has 0 unspecified atom stereocenters. The van der Waals surface area contributed by atoms with Crippen LogP contribution in [0.4, 0.5) is 0 Å². The molecule has 5 nitrogen and oxygen atoms in total. The minimum atomic E-state index is -3.62. The third-order valence-electron chi connectivity index (χ3n) is 3.13. The molecule has 0 bridgehead atoms. The second-order valence-electron chi connectivity index (χ2n) is 7.17. The molecule has 0 saturated carbocycles. The molecule has 1 aromatic carbocycles. The van der Waals surface area contributed by atoms with Crippen LogP contribution in [0, 0.1) is 5.92 Å². The molecular formula is C17H28N2O3S. The number of rotatable bonds is 7. The fraction of sp³-hybridized carbons (Fsp3) is 0.588. The smallest absolute Gasteiger partial charge is 0.241 e. The quantitative estimate of drug-likeness (QED) is 0.801. The summed E-state index contributed by atoms with van der Waals surface area (Å²) >= 11 is 0. The number of carbonyl (C=O) groups excluding carboxylic acids is 1. The Kier molecular flexibility index (Phi) is 6.77. The number of sulfonamides is 1. The van der Waals surface area contributed by atoms with Crippen molar-refractivity contribution in [3.63, 3.8) is 0 Å². The van der Waals surface area contributed by atoms with Gasteiger partial charge >= 0.3 is 0 Å². The summed E-state index contributed by atoms with van der Waals surface area (Å²) in [6.45, 7) is 9.71. The lowest BCUT2D eigenvalue weighted by molar-refractivity contribution is -0.121. The van der Waals surface area contributed by atoms with Crippen LogP contribution >= 0.6 is 0 Å². The van der Waals surface area contributed by atoms with E-state index in [0.29, 0.717) is 17.9 Å². The molecule has 23 heavy (non-hydrogen) atoms. The summed E-state index contributed by atoms with van der Waals surface area (Å²) in [6, 6.07) is 6.73. The van der Waals surface area contributed by atoms with Gasteiger partial charge in [-0.3, -0.25) is 4.79 Å². The number of benzene rings is 1. The van der Waals surface area contributed by atoms with E-state index >= 15 is 0 Å². The highest BCUT2D eigenvalue weighted by molar-refractivity contribution is 7.89. The van der Waals surface area contributed by atoms with Gasteiger partial charge in [-0.1, -0.05) is 32.0 Å². The van der Waals surface area contributed by atoms with Gasteiger partial charge in [0.05, 0.1) is 4.90 Å². The Morgan fingerprint density at radius 2 is 1.78 bits per heavy atom. The topological polar surface area (TPSA) is 75.3 Å². The summed E-state index contributed by atoms with van der Waals surface area (Å²) in [6.07, 6.45) is 1.27. The molecule has 1 rings (SSSR count). The van der Waals surface area contributed by atoms with Crippen molar-refractivity contribution in [3.8, 4) is 0 Å². The lowest BCUT2D eigenvalue weighted by Crippen LogP contribution is -2.41. The summed E-state index contributed by atoms with van der Waals surface area (Å²) in [4.78, 5) is 12.0. The summed E-state index contributed by atoms with van der Waals surface area (Å²) in [5.41, 5.74) is 0.0223.